The molecular formula is C23H18ClFN8O. The summed E-state index contributed by atoms with van der Waals surface area (Å²) >= 11 is 6.41. The molecule has 1 unspecified atom stereocenters. The third-order valence-corrected chi connectivity index (χ3v) is 6.28. The summed E-state index contributed by atoms with van der Waals surface area (Å²) in [5.41, 5.74) is 2.94. The van der Waals surface area contributed by atoms with Crippen LogP contribution in [0.15, 0.2) is 53.8 Å². The molecule has 0 aliphatic carbocycles. The fourth-order valence-electron chi connectivity index (χ4n) is 4.42. The topological polar surface area (TPSA) is 105 Å². The second-order valence-corrected chi connectivity index (χ2v) is 8.46. The highest BCUT2D eigenvalue weighted by Gasteiger charge is 2.28. The maximum Gasteiger partial charge on any atom is 0.282 e. The summed E-state index contributed by atoms with van der Waals surface area (Å²) in [5.74, 6) is 0.685. The summed E-state index contributed by atoms with van der Waals surface area (Å²) in [6.07, 6.45) is 3.56. The first-order chi connectivity index (χ1) is 16.5. The van der Waals surface area contributed by atoms with Crippen LogP contribution < -0.4 is 15.9 Å². The number of aromatic amines is 1. The molecule has 2 N–H and O–H groups in total. The largest absolute Gasteiger partial charge is 0.358 e. The van der Waals surface area contributed by atoms with Crippen molar-refractivity contribution in [3.05, 3.63) is 81.6 Å². The average Bonchev–Trinajstić information content (AvgIpc) is 3.46. The molecule has 4 heterocycles. The number of fused-ring (bicyclic) bond motifs is 3. The van der Waals surface area contributed by atoms with Gasteiger partial charge in [0.2, 0.25) is 0 Å². The zero-order valence-corrected chi connectivity index (χ0v) is 18.7. The van der Waals surface area contributed by atoms with Crippen molar-refractivity contribution in [2.24, 2.45) is 0 Å². The van der Waals surface area contributed by atoms with E-state index in [2.05, 4.69) is 25.3 Å². The van der Waals surface area contributed by atoms with Crippen molar-refractivity contribution < 1.29 is 4.39 Å². The van der Waals surface area contributed by atoms with Gasteiger partial charge < -0.3 is 10.3 Å². The van der Waals surface area contributed by atoms with Crippen molar-refractivity contribution in [2.45, 2.75) is 19.4 Å². The fourth-order valence-corrected chi connectivity index (χ4v) is 4.67. The Morgan fingerprint density at radius 1 is 1.21 bits per heavy atom. The summed E-state index contributed by atoms with van der Waals surface area (Å²) in [6, 6.07) is 9.31. The number of aromatic nitrogens is 6. The van der Waals surface area contributed by atoms with Gasteiger partial charge >= 0.3 is 0 Å². The van der Waals surface area contributed by atoms with Crippen LogP contribution >= 0.6 is 11.6 Å². The quantitative estimate of drug-likeness (QED) is 0.406. The van der Waals surface area contributed by atoms with Crippen LogP contribution in [0.3, 0.4) is 0 Å². The molecule has 0 spiro atoms. The third kappa shape index (κ3) is 3.18. The van der Waals surface area contributed by atoms with Gasteiger partial charge in [0, 0.05) is 6.54 Å². The maximum absolute atomic E-state index is 13.8. The van der Waals surface area contributed by atoms with Gasteiger partial charge in [-0.1, -0.05) is 17.7 Å². The van der Waals surface area contributed by atoms with Crippen molar-refractivity contribution in [1.29, 1.82) is 0 Å². The number of halogens is 2. The minimum Gasteiger partial charge on any atom is -0.358 e. The molecule has 0 bridgehead atoms. The highest BCUT2D eigenvalue weighted by Crippen LogP contribution is 2.31. The van der Waals surface area contributed by atoms with Crippen molar-refractivity contribution in [1.82, 2.24) is 29.6 Å². The lowest BCUT2D eigenvalue weighted by atomic mass is 10.2. The van der Waals surface area contributed by atoms with Crippen molar-refractivity contribution in [2.75, 3.05) is 16.9 Å². The number of hydrogen-bond acceptors (Lipinski definition) is 7. The van der Waals surface area contributed by atoms with E-state index in [9.17, 15) is 9.18 Å². The highest BCUT2D eigenvalue weighted by atomic mass is 35.5. The average molecular weight is 477 g/mol. The summed E-state index contributed by atoms with van der Waals surface area (Å²) in [4.78, 5) is 34.3. The van der Waals surface area contributed by atoms with E-state index in [0.717, 1.165) is 11.3 Å². The van der Waals surface area contributed by atoms with Crippen LogP contribution in [-0.2, 0) is 6.42 Å². The van der Waals surface area contributed by atoms with E-state index < -0.39 is 6.04 Å². The molecule has 11 heteroatoms. The molecule has 6 rings (SSSR count). The molecule has 0 saturated heterocycles. The number of nitrogens with zero attached hydrogens (tertiary/aromatic N) is 6. The molecule has 34 heavy (non-hydrogen) atoms. The summed E-state index contributed by atoms with van der Waals surface area (Å²) < 4.78 is 15.4. The van der Waals surface area contributed by atoms with E-state index >= 15 is 0 Å². The van der Waals surface area contributed by atoms with Crippen LogP contribution in [0.1, 0.15) is 24.4 Å². The van der Waals surface area contributed by atoms with Crippen molar-refractivity contribution >= 4 is 45.2 Å². The smallest absolute Gasteiger partial charge is 0.282 e. The molecule has 2 aromatic carbocycles. The van der Waals surface area contributed by atoms with Crippen LogP contribution in [0.2, 0.25) is 5.02 Å². The number of benzene rings is 2. The number of hydrogen-bond donors (Lipinski definition) is 2. The monoisotopic (exact) mass is 476 g/mol. The first-order valence-electron chi connectivity index (χ1n) is 10.7. The third-order valence-electron chi connectivity index (χ3n) is 5.97. The standard InChI is InChI=1S/C23H18ClFN8O/c1-12(30-21-19-20(27-10-26-19)28-11-29-21)22-31-16-4-2-3-15(24)18(16)23(34)33(22)32-8-7-13-9-14(25)5-6-17(13)32/h2-6,9-12H,7-8H2,1H3,(H2,26,27,28,29,30). The number of imidazole rings is 1. The summed E-state index contributed by atoms with van der Waals surface area (Å²) in [5, 5.41) is 5.80. The molecule has 0 fully saturated rings. The van der Waals surface area contributed by atoms with Gasteiger partial charge in [-0.3, -0.25) is 9.80 Å². The number of rotatable bonds is 4. The fraction of sp³-hybridized carbons (Fsp3) is 0.174. The Balaban J connectivity index is 1.54. The van der Waals surface area contributed by atoms with Gasteiger partial charge in [0.05, 0.1) is 34.0 Å². The van der Waals surface area contributed by atoms with Gasteiger partial charge in [0.25, 0.3) is 5.56 Å². The van der Waals surface area contributed by atoms with Gasteiger partial charge in [-0.05, 0) is 49.2 Å². The Morgan fingerprint density at radius 2 is 2.09 bits per heavy atom. The lowest BCUT2D eigenvalue weighted by Crippen LogP contribution is -2.41. The van der Waals surface area contributed by atoms with Crippen molar-refractivity contribution in [3.8, 4) is 0 Å². The molecule has 1 atom stereocenters. The number of anilines is 2. The highest BCUT2D eigenvalue weighted by molar-refractivity contribution is 6.35. The van der Waals surface area contributed by atoms with E-state index in [0.29, 0.717) is 51.7 Å². The Bertz CT molecular complexity index is 1630. The van der Waals surface area contributed by atoms with Crippen molar-refractivity contribution in [3.63, 3.8) is 0 Å². The zero-order chi connectivity index (χ0) is 23.4. The lowest BCUT2D eigenvalue weighted by molar-refractivity contribution is 0.608. The predicted molar refractivity (Wildman–Crippen MR) is 128 cm³/mol. The predicted octanol–water partition coefficient (Wildman–Crippen LogP) is 3.85. The Kier molecular flexibility index (Phi) is 4.70. The minimum absolute atomic E-state index is 0.300. The first-order valence-corrected chi connectivity index (χ1v) is 11.1. The number of nitrogens with one attached hydrogen (secondary N) is 2. The van der Waals surface area contributed by atoms with E-state index in [-0.39, 0.29) is 11.4 Å². The normalized spacial score (nSPS) is 14.0. The number of H-pyrrole nitrogens is 1. The Hall–Kier alpha value is -4.05. The van der Waals surface area contributed by atoms with Crippen LogP contribution in [0.25, 0.3) is 22.1 Å². The van der Waals surface area contributed by atoms with E-state index in [1.54, 1.807) is 30.6 Å². The molecule has 1 aliphatic heterocycles. The molecule has 3 aromatic heterocycles. The van der Waals surface area contributed by atoms with Crippen LogP contribution in [0.4, 0.5) is 15.9 Å². The molecule has 0 saturated carbocycles. The second-order valence-electron chi connectivity index (χ2n) is 8.06. The van der Waals surface area contributed by atoms with Gasteiger partial charge in [-0.15, -0.1) is 0 Å². The van der Waals surface area contributed by atoms with E-state index in [4.69, 9.17) is 16.6 Å². The molecule has 0 radical (unpaired) electrons. The van der Waals surface area contributed by atoms with E-state index in [1.807, 2.05) is 11.9 Å². The van der Waals surface area contributed by atoms with E-state index in [1.165, 1.54) is 23.1 Å². The van der Waals surface area contributed by atoms with Gasteiger partial charge in [-0.2, -0.15) is 4.68 Å². The SMILES string of the molecule is CC(Nc1ncnc2nc[nH]c12)c1nc2cccc(Cl)c2c(=O)n1N1CCc2cc(F)ccc21. The minimum atomic E-state index is -0.443. The van der Waals surface area contributed by atoms with Gasteiger partial charge in [0.1, 0.15) is 17.7 Å². The molecule has 5 aromatic rings. The van der Waals surface area contributed by atoms with Gasteiger partial charge in [-0.25, -0.2) is 24.3 Å². The van der Waals surface area contributed by atoms with Crippen LogP contribution in [0.5, 0.6) is 0 Å². The Labute approximate surface area is 197 Å². The molecule has 170 valence electrons. The maximum atomic E-state index is 13.8. The summed E-state index contributed by atoms with van der Waals surface area (Å²) in [6.45, 7) is 2.38. The molecule has 1 aliphatic rings. The van der Waals surface area contributed by atoms with Crippen LogP contribution in [-0.4, -0.2) is 36.1 Å². The summed E-state index contributed by atoms with van der Waals surface area (Å²) in [7, 11) is 0. The zero-order valence-electron chi connectivity index (χ0n) is 18.0. The van der Waals surface area contributed by atoms with Gasteiger partial charge in [0.15, 0.2) is 17.3 Å². The lowest BCUT2D eigenvalue weighted by Gasteiger charge is -2.27. The molecule has 9 nitrogen and oxygen atoms in total. The van der Waals surface area contributed by atoms with Crippen LogP contribution in [0, 0.1) is 5.82 Å². The Morgan fingerprint density at radius 3 is 2.97 bits per heavy atom. The molecule has 0 amide bonds. The molecular weight excluding hydrogens is 459 g/mol. The second kappa shape index (κ2) is 7.77. The first kappa shape index (κ1) is 20.5.